The van der Waals surface area contributed by atoms with E-state index in [1.165, 1.54) is 0 Å². The number of aromatic hydroxyl groups is 2. The monoisotopic (exact) mass is 209 g/mol. The van der Waals surface area contributed by atoms with Crippen LogP contribution < -0.4 is 0 Å². The highest BCUT2D eigenvalue weighted by Crippen LogP contribution is 2.33. The highest BCUT2D eigenvalue weighted by atomic mass is 16.3. The minimum atomic E-state index is 0.191. The quantitative estimate of drug-likeness (QED) is 0.670. The van der Waals surface area contributed by atoms with Gasteiger partial charge in [0, 0.05) is 5.56 Å². The van der Waals surface area contributed by atoms with Gasteiger partial charge in [-0.15, -0.1) is 0 Å². The topological polar surface area (TPSA) is 60.7 Å². The molecule has 1 aromatic rings. The first-order valence-electron chi connectivity index (χ1n) is 4.96. The van der Waals surface area contributed by atoms with E-state index in [9.17, 15) is 10.2 Å². The Hall–Kier alpha value is -1.22. The fourth-order valence-electron chi connectivity index (χ4n) is 1.56. The first kappa shape index (κ1) is 11.9. The highest BCUT2D eigenvalue weighted by Gasteiger charge is 2.12. The second-order valence-corrected chi connectivity index (χ2v) is 3.90. The van der Waals surface area contributed by atoms with E-state index in [0.717, 1.165) is 0 Å². The van der Waals surface area contributed by atoms with Gasteiger partial charge in [0.15, 0.2) is 0 Å². The summed E-state index contributed by atoms with van der Waals surface area (Å²) >= 11 is 0. The molecular formula is C12H17O3. The van der Waals surface area contributed by atoms with Gasteiger partial charge in [0.05, 0.1) is 6.10 Å². The van der Waals surface area contributed by atoms with Gasteiger partial charge in [-0.25, -0.2) is 0 Å². The minimum Gasteiger partial charge on any atom is -0.508 e. The SMILES string of the molecule is C[C](O)CCc1c(C)c(O)cc(C)c1O. The van der Waals surface area contributed by atoms with E-state index in [2.05, 4.69) is 0 Å². The van der Waals surface area contributed by atoms with E-state index in [4.69, 9.17) is 5.11 Å². The van der Waals surface area contributed by atoms with Crippen LogP contribution in [0.2, 0.25) is 0 Å². The van der Waals surface area contributed by atoms with E-state index in [1.54, 1.807) is 26.8 Å². The van der Waals surface area contributed by atoms with Gasteiger partial charge < -0.3 is 15.3 Å². The van der Waals surface area contributed by atoms with Crippen molar-refractivity contribution in [2.75, 3.05) is 0 Å². The molecule has 1 rings (SSSR count). The van der Waals surface area contributed by atoms with Crippen LogP contribution in [0.4, 0.5) is 0 Å². The van der Waals surface area contributed by atoms with Crippen molar-refractivity contribution in [2.45, 2.75) is 33.6 Å². The van der Waals surface area contributed by atoms with Crippen LogP contribution >= 0.6 is 0 Å². The van der Waals surface area contributed by atoms with E-state index >= 15 is 0 Å². The molecule has 15 heavy (non-hydrogen) atoms. The second kappa shape index (κ2) is 4.53. The summed E-state index contributed by atoms with van der Waals surface area (Å²) in [5, 5.41) is 28.5. The molecule has 0 aromatic heterocycles. The molecule has 0 aliphatic carbocycles. The van der Waals surface area contributed by atoms with Crippen LogP contribution in [0, 0.1) is 20.0 Å². The highest BCUT2D eigenvalue weighted by molar-refractivity contribution is 5.51. The zero-order valence-corrected chi connectivity index (χ0v) is 9.33. The van der Waals surface area contributed by atoms with Crippen molar-refractivity contribution in [3.8, 4) is 11.5 Å². The molecule has 1 radical (unpaired) electrons. The standard InChI is InChI=1S/C12H17O3/c1-7-6-11(14)9(3)10(12(7)15)5-4-8(2)13/h6,13-15H,4-5H2,1-3H3. The van der Waals surface area contributed by atoms with Crippen molar-refractivity contribution in [3.05, 3.63) is 28.9 Å². The lowest BCUT2D eigenvalue weighted by atomic mass is 9.97. The maximum absolute atomic E-state index is 9.81. The van der Waals surface area contributed by atoms with Gasteiger partial charge in [-0.05, 0) is 50.8 Å². The van der Waals surface area contributed by atoms with Gasteiger partial charge in [0.25, 0.3) is 0 Å². The Morgan fingerprint density at radius 3 is 2.40 bits per heavy atom. The molecule has 0 saturated heterocycles. The van der Waals surface area contributed by atoms with E-state index in [-0.39, 0.29) is 11.5 Å². The maximum atomic E-state index is 9.81. The Balaban J connectivity index is 3.04. The number of phenols is 2. The van der Waals surface area contributed by atoms with Gasteiger partial charge in [-0.1, -0.05) is 0 Å². The van der Waals surface area contributed by atoms with Crippen LogP contribution in [-0.2, 0) is 6.42 Å². The number of phenolic OH excluding ortho intramolecular Hbond substituents is 2. The third-order valence-electron chi connectivity index (χ3n) is 2.59. The molecule has 0 aliphatic heterocycles. The summed E-state index contributed by atoms with van der Waals surface area (Å²) in [5.41, 5.74) is 2.05. The fraction of sp³-hybridized carbons (Fsp3) is 0.417. The van der Waals surface area contributed by atoms with Gasteiger partial charge in [-0.3, -0.25) is 0 Å². The molecule has 0 atom stereocenters. The molecule has 0 fully saturated rings. The predicted octanol–water partition coefficient (Wildman–Crippen LogP) is 2.57. The van der Waals surface area contributed by atoms with Crippen LogP contribution in [0.3, 0.4) is 0 Å². The lowest BCUT2D eigenvalue weighted by molar-refractivity contribution is 0.295. The average Bonchev–Trinajstić information content (AvgIpc) is 2.14. The number of aliphatic hydroxyl groups excluding tert-OH is 1. The molecule has 0 bridgehead atoms. The van der Waals surface area contributed by atoms with E-state index in [0.29, 0.717) is 35.6 Å². The zero-order chi connectivity index (χ0) is 11.6. The molecule has 0 unspecified atom stereocenters. The van der Waals surface area contributed by atoms with Crippen molar-refractivity contribution in [1.29, 1.82) is 0 Å². The van der Waals surface area contributed by atoms with Crippen LogP contribution in [-0.4, -0.2) is 15.3 Å². The number of rotatable bonds is 3. The molecule has 83 valence electrons. The Labute approximate surface area is 90.0 Å². The summed E-state index contributed by atoms with van der Waals surface area (Å²) in [5.74, 6) is 0.405. The normalized spacial score (nSPS) is 11.0. The van der Waals surface area contributed by atoms with Crippen LogP contribution in [0.1, 0.15) is 30.0 Å². The number of benzene rings is 1. The van der Waals surface area contributed by atoms with E-state index in [1.807, 2.05) is 0 Å². The molecule has 1 aromatic carbocycles. The van der Waals surface area contributed by atoms with Crippen LogP contribution in [0.5, 0.6) is 11.5 Å². The summed E-state index contributed by atoms with van der Waals surface area (Å²) in [6.07, 6.45) is 1.36. The van der Waals surface area contributed by atoms with Crippen molar-refractivity contribution in [2.24, 2.45) is 0 Å². The summed E-state index contributed by atoms with van der Waals surface area (Å²) in [6, 6.07) is 1.55. The van der Waals surface area contributed by atoms with Gasteiger partial charge in [0.2, 0.25) is 0 Å². The largest absolute Gasteiger partial charge is 0.508 e. The number of aryl methyl sites for hydroxylation is 1. The van der Waals surface area contributed by atoms with Crippen molar-refractivity contribution >= 4 is 0 Å². The summed E-state index contributed by atoms with van der Waals surface area (Å²) in [7, 11) is 0. The van der Waals surface area contributed by atoms with Gasteiger partial charge in [0.1, 0.15) is 11.5 Å². The van der Waals surface area contributed by atoms with Crippen molar-refractivity contribution < 1.29 is 15.3 Å². The van der Waals surface area contributed by atoms with Crippen molar-refractivity contribution in [1.82, 2.24) is 0 Å². The lowest BCUT2D eigenvalue weighted by Crippen LogP contribution is -1.97. The summed E-state index contributed by atoms with van der Waals surface area (Å²) in [6.45, 7) is 5.13. The molecular weight excluding hydrogens is 192 g/mol. The summed E-state index contributed by atoms with van der Waals surface area (Å²) in [4.78, 5) is 0. The van der Waals surface area contributed by atoms with Gasteiger partial charge >= 0.3 is 0 Å². The van der Waals surface area contributed by atoms with Crippen LogP contribution in [0.15, 0.2) is 6.07 Å². The molecule has 3 heteroatoms. The molecule has 0 heterocycles. The van der Waals surface area contributed by atoms with Crippen LogP contribution in [0.25, 0.3) is 0 Å². The Kier molecular flexibility index (Phi) is 3.58. The molecule has 3 N–H and O–H groups in total. The van der Waals surface area contributed by atoms with Crippen molar-refractivity contribution in [3.63, 3.8) is 0 Å². The second-order valence-electron chi connectivity index (χ2n) is 3.90. The Morgan fingerprint density at radius 2 is 1.87 bits per heavy atom. The van der Waals surface area contributed by atoms with Gasteiger partial charge in [-0.2, -0.15) is 0 Å². The molecule has 0 amide bonds. The fourth-order valence-corrected chi connectivity index (χ4v) is 1.56. The smallest absolute Gasteiger partial charge is 0.122 e. The average molecular weight is 209 g/mol. The molecule has 0 spiro atoms. The first-order valence-corrected chi connectivity index (χ1v) is 4.96. The Bertz CT molecular complexity index is 330. The zero-order valence-electron chi connectivity index (χ0n) is 9.33. The molecule has 0 aliphatic rings. The lowest BCUT2D eigenvalue weighted by Gasteiger charge is -2.13. The summed E-state index contributed by atoms with van der Waals surface area (Å²) < 4.78 is 0. The number of aliphatic hydroxyl groups is 1. The number of hydrogen-bond donors (Lipinski definition) is 3. The molecule has 0 saturated carbocycles. The Morgan fingerprint density at radius 1 is 1.27 bits per heavy atom. The van der Waals surface area contributed by atoms with E-state index < -0.39 is 0 Å². The molecule has 3 nitrogen and oxygen atoms in total. The third-order valence-corrected chi connectivity index (χ3v) is 2.59. The predicted molar refractivity (Wildman–Crippen MR) is 58.4 cm³/mol. The number of hydrogen-bond acceptors (Lipinski definition) is 3. The maximum Gasteiger partial charge on any atom is 0.122 e. The first-order chi connectivity index (χ1) is 6.93. The third kappa shape index (κ3) is 2.63. The minimum absolute atomic E-state index is 0.191.